The Morgan fingerprint density at radius 1 is 1.00 bits per heavy atom. The maximum atomic E-state index is 12.7. The van der Waals surface area contributed by atoms with Crippen molar-refractivity contribution in [3.05, 3.63) is 66.7 Å². The fourth-order valence-corrected chi connectivity index (χ4v) is 3.22. The van der Waals surface area contributed by atoms with Crippen molar-refractivity contribution < 1.29 is 4.79 Å². The van der Waals surface area contributed by atoms with Crippen LogP contribution in [0.3, 0.4) is 0 Å². The smallest absolute Gasteiger partial charge is 0.257 e. The quantitative estimate of drug-likeness (QED) is 0.482. The number of aryl methyl sites for hydroxylation is 1. The molecule has 1 amide bonds. The van der Waals surface area contributed by atoms with E-state index in [0.717, 1.165) is 35.0 Å². The first kappa shape index (κ1) is 20.5. The molecule has 0 atom stereocenters. The number of carbonyl (C=O) groups excluding carboxylic acids is 1. The zero-order valence-electron chi connectivity index (χ0n) is 17.8. The van der Waals surface area contributed by atoms with E-state index in [2.05, 4.69) is 36.7 Å². The molecule has 4 aromatic rings. The first-order valence-electron chi connectivity index (χ1n) is 10.0. The van der Waals surface area contributed by atoms with E-state index < -0.39 is 0 Å². The number of nitrogens with zero attached hydrogens (tertiary/aromatic N) is 5. The minimum absolute atomic E-state index is 0.228. The van der Waals surface area contributed by atoms with Crippen LogP contribution in [0.5, 0.6) is 0 Å². The van der Waals surface area contributed by atoms with Crippen molar-refractivity contribution in [3.63, 3.8) is 0 Å². The number of anilines is 2. The Kier molecular flexibility index (Phi) is 5.90. The van der Waals surface area contributed by atoms with Crippen molar-refractivity contribution in [3.8, 4) is 11.1 Å². The van der Waals surface area contributed by atoms with Crippen molar-refractivity contribution in [2.75, 3.05) is 37.8 Å². The van der Waals surface area contributed by atoms with E-state index in [1.807, 2.05) is 51.7 Å². The number of benzene rings is 1. The number of hydrogen-bond donors (Lipinski definition) is 2. The third kappa shape index (κ3) is 5.04. The number of pyridine rings is 2. The van der Waals surface area contributed by atoms with Crippen LogP contribution in [0.2, 0.25) is 0 Å². The largest absolute Gasteiger partial charge is 0.369 e. The molecule has 2 N–H and O–H groups in total. The minimum atomic E-state index is -0.228. The summed E-state index contributed by atoms with van der Waals surface area (Å²) in [4.78, 5) is 23.5. The van der Waals surface area contributed by atoms with E-state index in [4.69, 9.17) is 0 Å². The summed E-state index contributed by atoms with van der Waals surface area (Å²) in [5.74, 6) is 0.940. The van der Waals surface area contributed by atoms with Crippen LogP contribution in [0, 0.1) is 0 Å². The van der Waals surface area contributed by atoms with E-state index in [9.17, 15) is 4.79 Å². The molecule has 4 rings (SSSR count). The summed E-state index contributed by atoms with van der Waals surface area (Å²) in [5, 5.41) is 12.3. The molecule has 0 aliphatic heterocycles. The highest BCUT2D eigenvalue weighted by Gasteiger charge is 2.10. The molecule has 0 unspecified atom stereocenters. The van der Waals surface area contributed by atoms with Crippen LogP contribution in [-0.2, 0) is 7.05 Å². The fourth-order valence-electron chi connectivity index (χ4n) is 3.22. The molecule has 0 fully saturated rings. The standard InChI is InChI=1S/C23H25N7O/c1-29(2)9-8-25-21-11-17(6-7-24-21)23(31)28-22-12-19-10-16(4-5-18(19)13-26-22)20-14-27-30(3)15-20/h4-7,10-15H,8-9H2,1-3H3,(H,24,25)(H,26,28,31). The van der Waals surface area contributed by atoms with Gasteiger partial charge in [0, 0.05) is 55.2 Å². The van der Waals surface area contributed by atoms with Gasteiger partial charge in [0.1, 0.15) is 11.6 Å². The lowest BCUT2D eigenvalue weighted by molar-refractivity contribution is 0.102. The van der Waals surface area contributed by atoms with Gasteiger partial charge in [0.15, 0.2) is 0 Å². The first-order valence-corrected chi connectivity index (χ1v) is 10.0. The number of aromatic nitrogens is 4. The molecule has 0 aliphatic rings. The van der Waals surface area contributed by atoms with Gasteiger partial charge in [-0.2, -0.15) is 5.10 Å². The SMILES string of the molecule is CN(C)CCNc1cc(C(=O)Nc2cc3cc(-c4cnn(C)c4)ccc3cn2)ccn1. The Balaban J connectivity index is 1.50. The summed E-state index contributed by atoms with van der Waals surface area (Å²) in [7, 11) is 5.91. The number of fused-ring (bicyclic) bond motifs is 1. The van der Waals surface area contributed by atoms with Crippen molar-refractivity contribution in [2.24, 2.45) is 7.05 Å². The third-order valence-corrected chi connectivity index (χ3v) is 4.89. The number of nitrogens with one attached hydrogen (secondary N) is 2. The van der Waals surface area contributed by atoms with Crippen molar-refractivity contribution in [1.82, 2.24) is 24.6 Å². The van der Waals surface area contributed by atoms with Gasteiger partial charge in [-0.05, 0) is 49.3 Å². The molecule has 0 bridgehead atoms. The van der Waals surface area contributed by atoms with Gasteiger partial charge in [-0.15, -0.1) is 0 Å². The predicted molar refractivity (Wildman–Crippen MR) is 123 cm³/mol. The molecule has 0 spiro atoms. The van der Waals surface area contributed by atoms with Crippen LogP contribution in [-0.4, -0.2) is 57.7 Å². The maximum Gasteiger partial charge on any atom is 0.257 e. The minimum Gasteiger partial charge on any atom is -0.369 e. The number of amides is 1. The summed E-state index contributed by atoms with van der Waals surface area (Å²) in [5.41, 5.74) is 2.62. The molecule has 0 radical (unpaired) electrons. The summed E-state index contributed by atoms with van der Waals surface area (Å²) >= 11 is 0. The second-order valence-electron chi connectivity index (χ2n) is 7.65. The summed E-state index contributed by atoms with van der Waals surface area (Å²) in [6.07, 6.45) is 7.19. The van der Waals surface area contributed by atoms with Gasteiger partial charge >= 0.3 is 0 Å². The first-order chi connectivity index (χ1) is 15.0. The second kappa shape index (κ2) is 8.93. The molecule has 0 saturated carbocycles. The molecular weight excluding hydrogens is 390 g/mol. The molecule has 1 aromatic carbocycles. The molecular formula is C23H25N7O. The zero-order chi connectivity index (χ0) is 21.8. The van der Waals surface area contributed by atoms with Crippen molar-refractivity contribution >= 4 is 28.3 Å². The lowest BCUT2D eigenvalue weighted by Crippen LogP contribution is -2.21. The van der Waals surface area contributed by atoms with E-state index >= 15 is 0 Å². The predicted octanol–water partition coefficient (Wildman–Crippen LogP) is 3.26. The molecule has 8 heteroatoms. The van der Waals surface area contributed by atoms with E-state index in [1.165, 1.54) is 0 Å². The topological polar surface area (TPSA) is 88.0 Å². The molecule has 3 aromatic heterocycles. The van der Waals surface area contributed by atoms with Crippen LogP contribution < -0.4 is 10.6 Å². The van der Waals surface area contributed by atoms with Crippen molar-refractivity contribution in [2.45, 2.75) is 0 Å². The van der Waals surface area contributed by atoms with Gasteiger partial charge in [-0.3, -0.25) is 9.48 Å². The highest BCUT2D eigenvalue weighted by molar-refractivity contribution is 6.05. The summed E-state index contributed by atoms with van der Waals surface area (Å²) < 4.78 is 1.77. The highest BCUT2D eigenvalue weighted by atomic mass is 16.1. The third-order valence-electron chi connectivity index (χ3n) is 4.89. The Bertz CT molecular complexity index is 1220. The Morgan fingerprint density at radius 2 is 1.87 bits per heavy atom. The van der Waals surface area contributed by atoms with E-state index in [1.54, 1.807) is 29.2 Å². The molecule has 0 aliphatic carbocycles. The molecule has 8 nitrogen and oxygen atoms in total. The second-order valence-corrected chi connectivity index (χ2v) is 7.65. The van der Waals surface area contributed by atoms with Crippen LogP contribution in [0.15, 0.2) is 61.2 Å². The lowest BCUT2D eigenvalue weighted by Gasteiger charge is -2.11. The Hall–Kier alpha value is -3.78. The lowest BCUT2D eigenvalue weighted by atomic mass is 10.1. The number of carbonyl (C=O) groups is 1. The highest BCUT2D eigenvalue weighted by Crippen LogP contribution is 2.25. The average Bonchev–Trinajstić information content (AvgIpc) is 3.19. The number of rotatable bonds is 7. The van der Waals surface area contributed by atoms with Crippen molar-refractivity contribution in [1.29, 1.82) is 0 Å². The Labute approximate surface area is 180 Å². The average molecular weight is 416 g/mol. The monoisotopic (exact) mass is 415 g/mol. The van der Waals surface area contributed by atoms with Crippen LogP contribution in [0.4, 0.5) is 11.6 Å². The molecule has 0 saturated heterocycles. The van der Waals surface area contributed by atoms with Gasteiger partial charge in [-0.1, -0.05) is 12.1 Å². The number of likely N-dealkylation sites (N-methyl/N-ethyl adjacent to an activating group) is 1. The fraction of sp³-hybridized carbons (Fsp3) is 0.217. The normalized spacial score (nSPS) is 11.1. The van der Waals surface area contributed by atoms with E-state index in [0.29, 0.717) is 17.2 Å². The Morgan fingerprint density at radius 3 is 2.65 bits per heavy atom. The van der Waals surface area contributed by atoms with Crippen LogP contribution in [0.1, 0.15) is 10.4 Å². The summed E-state index contributed by atoms with van der Waals surface area (Å²) in [6.45, 7) is 1.62. The molecule has 158 valence electrons. The summed E-state index contributed by atoms with van der Waals surface area (Å²) in [6, 6.07) is 11.4. The van der Waals surface area contributed by atoms with Gasteiger partial charge in [0.25, 0.3) is 5.91 Å². The van der Waals surface area contributed by atoms with E-state index in [-0.39, 0.29) is 5.91 Å². The zero-order valence-corrected chi connectivity index (χ0v) is 17.8. The maximum absolute atomic E-state index is 12.7. The van der Waals surface area contributed by atoms with Gasteiger partial charge in [-0.25, -0.2) is 9.97 Å². The van der Waals surface area contributed by atoms with Crippen LogP contribution in [0.25, 0.3) is 21.9 Å². The molecule has 31 heavy (non-hydrogen) atoms. The van der Waals surface area contributed by atoms with Gasteiger partial charge in [0.2, 0.25) is 0 Å². The number of hydrogen-bond acceptors (Lipinski definition) is 6. The van der Waals surface area contributed by atoms with Crippen LogP contribution >= 0.6 is 0 Å². The molecule has 3 heterocycles. The van der Waals surface area contributed by atoms with Gasteiger partial charge < -0.3 is 15.5 Å². The van der Waals surface area contributed by atoms with Gasteiger partial charge in [0.05, 0.1) is 6.20 Å².